The van der Waals surface area contributed by atoms with Crippen LogP contribution in [-0.2, 0) is 0 Å². The zero-order valence-corrected chi connectivity index (χ0v) is 12.6. The van der Waals surface area contributed by atoms with Crippen LogP contribution >= 0.6 is 0 Å². The van der Waals surface area contributed by atoms with Gasteiger partial charge in [-0.1, -0.05) is 30.3 Å². The van der Waals surface area contributed by atoms with Gasteiger partial charge in [0, 0.05) is 5.69 Å². The summed E-state index contributed by atoms with van der Waals surface area (Å²) in [6.07, 6.45) is 1.68. The number of amides is 2. The molecule has 0 aliphatic heterocycles. The second kappa shape index (κ2) is 7.83. The average Bonchev–Trinajstić information content (AvgIpc) is 2.48. The van der Waals surface area contributed by atoms with Gasteiger partial charge in [0.05, 0.1) is 12.3 Å². The van der Waals surface area contributed by atoms with Gasteiger partial charge >= 0.3 is 6.03 Å². The number of hydrogen-bond donors (Lipinski definition) is 2. The third-order valence-corrected chi connectivity index (χ3v) is 2.64. The van der Waals surface area contributed by atoms with Gasteiger partial charge in [0.15, 0.2) is 0 Å². The van der Waals surface area contributed by atoms with Gasteiger partial charge in [-0.2, -0.15) is 5.10 Å². The molecule has 2 rings (SSSR count). The minimum atomic E-state index is -0.392. The minimum absolute atomic E-state index is 0.113. The van der Waals surface area contributed by atoms with Crippen LogP contribution in [0, 0.1) is 0 Å². The summed E-state index contributed by atoms with van der Waals surface area (Å²) in [4.78, 5) is 11.7. The average molecular weight is 297 g/mol. The minimum Gasteiger partial charge on any atom is -0.491 e. The van der Waals surface area contributed by atoms with Crippen molar-refractivity contribution in [1.29, 1.82) is 0 Å². The van der Waals surface area contributed by atoms with Gasteiger partial charge in [0.25, 0.3) is 0 Å². The van der Waals surface area contributed by atoms with Gasteiger partial charge in [0.1, 0.15) is 5.75 Å². The van der Waals surface area contributed by atoms with E-state index in [4.69, 9.17) is 4.74 Å². The number of carbonyl (C=O) groups excluding carboxylic acids is 1. The number of para-hydroxylation sites is 1. The number of carbonyl (C=O) groups is 1. The molecule has 5 heteroatoms. The van der Waals surface area contributed by atoms with E-state index in [1.54, 1.807) is 18.3 Å². The van der Waals surface area contributed by atoms with E-state index in [-0.39, 0.29) is 6.10 Å². The van der Waals surface area contributed by atoms with Crippen LogP contribution in [-0.4, -0.2) is 18.3 Å². The highest BCUT2D eigenvalue weighted by atomic mass is 16.5. The monoisotopic (exact) mass is 297 g/mol. The van der Waals surface area contributed by atoms with E-state index in [2.05, 4.69) is 15.8 Å². The predicted octanol–water partition coefficient (Wildman–Crippen LogP) is 3.63. The fraction of sp³-hybridized carbons (Fsp3) is 0.176. The van der Waals surface area contributed by atoms with Gasteiger partial charge in [-0.3, -0.25) is 0 Å². The molecule has 5 nitrogen and oxygen atoms in total. The molecule has 0 heterocycles. The molecular weight excluding hydrogens is 278 g/mol. The highest BCUT2D eigenvalue weighted by Gasteiger charge is 2.00. The van der Waals surface area contributed by atoms with Crippen molar-refractivity contribution >= 4 is 17.9 Å². The molecule has 0 saturated carbocycles. The fourth-order valence-electron chi connectivity index (χ4n) is 1.79. The van der Waals surface area contributed by atoms with Gasteiger partial charge in [-0.25, -0.2) is 10.2 Å². The summed E-state index contributed by atoms with van der Waals surface area (Å²) < 4.78 is 5.60. The third-order valence-electron chi connectivity index (χ3n) is 2.64. The van der Waals surface area contributed by atoms with Crippen LogP contribution in [0.4, 0.5) is 10.5 Å². The van der Waals surface area contributed by atoms with E-state index in [0.717, 1.165) is 11.3 Å². The van der Waals surface area contributed by atoms with E-state index in [1.165, 1.54) is 0 Å². The lowest BCUT2D eigenvalue weighted by molar-refractivity contribution is 0.242. The normalized spacial score (nSPS) is 10.7. The standard InChI is InChI=1S/C17H19N3O2/c1-13(2)22-16-10-6-7-14(11-16)12-18-20-17(21)19-15-8-4-3-5-9-15/h3-13H,1-2H3,(H2,19,20,21)/b18-12+. The molecule has 0 fully saturated rings. The van der Waals surface area contributed by atoms with Gasteiger partial charge in [-0.05, 0) is 43.7 Å². The fourth-order valence-corrected chi connectivity index (χ4v) is 1.79. The lowest BCUT2D eigenvalue weighted by Crippen LogP contribution is -2.24. The first-order valence-electron chi connectivity index (χ1n) is 7.05. The topological polar surface area (TPSA) is 62.7 Å². The molecule has 2 amide bonds. The molecule has 114 valence electrons. The molecule has 0 atom stereocenters. The molecule has 0 aliphatic rings. The van der Waals surface area contributed by atoms with Crippen molar-refractivity contribution in [3.8, 4) is 5.75 Å². The maximum atomic E-state index is 11.7. The molecule has 0 saturated heterocycles. The van der Waals surface area contributed by atoms with Crippen LogP contribution in [0.3, 0.4) is 0 Å². The predicted molar refractivity (Wildman–Crippen MR) is 88.4 cm³/mol. The summed E-state index contributed by atoms with van der Waals surface area (Å²) in [6.45, 7) is 3.94. The number of anilines is 1. The largest absolute Gasteiger partial charge is 0.491 e. The van der Waals surface area contributed by atoms with Crippen molar-refractivity contribution in [2.45, 2.75) is 20.0 Å². The Morgan fingerprint density at radius 3 is 2.64 bits per heavy atom. The summed E-state index contributed by atoms with van der Waals surface area (Å²) in [5.41, 5.74) is 3.97. The molecule has 0 radical (unpaired) electrons. The van der Waals surface area contributed by atoms with Crippen LogP contribution in [0.5, 0.6) is 5.75 Å². The summed E-state index contributed by atoms with van der Waals surface area (Å²) in [7, 11) is 0. The maximum Gasteiger partial charge on any atom is 0.339 e. The summed E-state index contributed by atoms with van der Waals surface area (Å²) in [5.74, 6) is 0.771. The number of rotatable bonds is 5. The number of nitrogens with zero attached hydrogens (tertiary/aromatic N) is 1. The van der Waals surface area contributed by atoms with Gasteiger partial charge < -0.3 is 10.1 Å². The Morgan fingerprint density at radius 2 is 1.91 bits per heavy atom. The molecule has 2 aromatic carbocycles. The number of hydrogen-bond acceptors (Lipinski definition) is 3. The number of nitrogens with one attached hydrogen (secondary N) is 2. The number of urea groups is 1. The van der Waals surface area contributed by atoms with E-state index >= 15 is 0 Å². The van der Waals surface area contributed by atoms with Crippen molar-refractivity contribution in [2.75, 3.05) is 5.32 Å². The smallest absolute Gasteiger partial charge is 0.339 e. The maximum absolute atomic E-state index is 11.7. The van der Waals surface area contributed by atoms with E-state index in [1.807, 2.05) is 56.3 Å². The Bertz CT molecular complexity index is 639. The first kappa shape index (κ1) is 15.6. The lowest BCUT2D eigenvalue weighted by atomic mass is 10.2. The summed E-state index contributed by atoms with van der Waals surface area (Å²) in [6, 6.07) is 16.3. The second-order valence-corrected chi connectivity index (χ2v) is 4.93. The van der Waals surface area contributed by atoms with E-state index < -0.39 is 6.03 Å². The summed E-state index contributed by atoms with van der Waals surface area (Å²) >= 11 is 0. The van der Waals surface area contributed by atoms with Crippen LogP contribution in [0.1, 0.15) is 19.4 Å². The Balaban J connectivity index is 1.88. The second-order valence-electron chi connectivity index (χ2n) is 4.93. The van der Waals surface area contributed by atoms with Crippen LogP contribution in [0.15, 0.2) is 59.7 Å². The third kappa shape index (κ3) is 5.28. The molecule has 0 unspecified atom stereocenters. The molecule has 2 aromatic rings. The Morgan fingerprint density at radius 1 is 1.14 bits per heavy atom. The van der Waals surface area contributed by atoms with Crippen LogP contribution in [0.25, 0.3) is 0 Å². The first-order chi connectivity index (χ1) is 10.6. The number of ether oxygens (including phenoxy) is 1. The SMILES string of the molecule is CC(C)Oc1cccc(/C=N/NC(=O)Nc2ccccc2)c1. The van der Waals surface area contributed by atoms with Gasteiger partial charge in [-0.15, -0.1) is 0 Å². The number of hydrazone groups is 1. The van der Waals surface area contributed by atoms with Gasteiger partial charge in [0.2, 0.25) is 0 Å². The molecule has 2 N–H and O–H groups in total. The molecule has 0 aromatic heterocycles. The quantitative estimate of drug-likeness (QED) is 0.654. The zero-order chi connectivity index (χ0) is 15.8. The Kier molecular flexibility index (Phi) is 5.54. The van der Waals surface area contributed by atoms with Crippen molar-refractivity contribution in [3.63, 3.8) is 0 Å². The lowest BCUT2D eigenvalue weighted by Gasteiger charge is -2.09. The first-order valence-corrected chi connectivity index (χ1v) is 7.05. The molecular formula is C17H19N3O2. The summed E-state index contributed by atoms with van der Waals surface area (Å²) in [5, 5.41) is 6.59. The Hall–Kier alpha value is -2.82. The van der Waals surface area contributed by atoms with Crippen molar-refractivity contribution < 1.29 is 9.53 Å². The van der Waals surface area contributed by atoms with E-state index in [0.29, 0.717) is 5.69 Å². The molecule has 0 spiro atoms. The number of benzene rings is 2. The van der Waals surface area contributed by atoms with Crippen LogP contribution < -0.4 is 15.5 Å². The van der Waals surface area contributed by atoms with Crippen molar-refractivity contribution in [3.05, 3.63) is 60.2 Å². The molecule has 0 aliphatic carbocycles. The molecule has 22 heavy (non-hydrogen) atoms. The highest BCUT2D eigenvalue weighted by molar-refractivity contribution is 5.90. The van der Waals surface area contributed by atoms with Crippen LogP contribution in [0.2, 0.25) is 0 Å². The zero-order valence-electron chi connectivity index (χ0n) is 12.6. The van der Waals surface area contributed by atoms with E-state index in [9.17, 15) is 4.79 Å². The highest BCUT2D eigenvalue weighted by Crippen LogP contribution is 2.13. The van der Waals surface area contributed by atoms with Crippen molar-refractivity contribution in [2.24, 2.45) is 5.10 Å². The molecule has 0 bridgehead atoms. The van der Waals surface area contributed by atoms with Crippen molar-refractivity contribution in [1.82, 2.24) is 5.43 Å². The Labute approximate surface area is 130 Å².